The highest BCUT2D eigenvalue weighted by molar-refractivity contribution is 5.83. The zero-order valence-corrected chi connectivity index (χ0v) is 11.8. The molecule has 0 aromatic heterocycles. The van der Waals surface area contributed by atoms with E-state index in [0.717, 1.165) is 31.8 Å². The molecule has 0 aromatic rings. The number of nitrogens with two attached hydrogens (primary N) is 1. The Morgan fingerprint density at radius 3 is 2.39 bits per heavy atom. The van der Waals surface area contributed by atoms with Crippen molar-refractivity contribution in [2.24, 2.45) is 17.1 Å². The summed E-state index contributed by atoms with van der Waals surface area (Å²) in [6.07, 6.45) is 9.36. The Kier molecular flexibility index (Phi) is 4.66. The van der Waals surface area contributed by atoms with Gasteiger partial charge in [-0.3, -0.25) is 4.79 Å². The normalized spacial score (nSPS) is 24.4. The van der Waals surface area contributed by atoms with Crippen molar-refractivity contribution in [3.63, 3.8) is 0 Å². The average Bonchev–Trinajstić information content (AvgIpc) is 2.89. The van der Waals surface area contributed by atoms with E-state index in [2.05, 4.69) is 11.8 Å². The van der Waals surface area contributed by atoms with E-state index in [1.54, 1.807) is 0 Å². The van der Waals surface area contributed by atoms with Gasteiger partial charge in [0.2, 0.25) is 5.91 Å². The third-order valence-corrected chi connectivity index (χ3v) is 5.00. The van der Waals surface area contributed by atoms with Crippen molar-refractivity contribution >= 4 is 5.91 Å². The fraction of sp³-hybridized carbons (Fsp3) is 0.933. The number of hydrogen-bond acceptors (Lipinski definition) is 2. The van der Waals surface area contributed by atoms with Gasteiger partial charge in [-0.1, -0.05) is 32.6 Å². The predicted molar refractivity (Wildman–Crippen MR) is 74.2 cm³/mol. The van der Waals surface area contributed by atoms with E-state index < -0.39 is 0 Å². The maximum atomic E-state index is 12.7. The van der Waals surface area contributed by atoms with Crippen molar-refractivity contribution in [3.05, 3.63) is 0 Å². The first-order chi connectivity index (χ1) is 8.72. The minimum absolute atomic E-state index is 0.197. The molecule has 18 heavy (non-hydrogen) atoms. The number of likely N-dealkylation sites (tertiary alicyclic amines) is 1. The zero-order chi connectivity index (χ0) is 13.0. The van der Waals surface area contributed by atoms with Gasteiger partial charge in [-0.25, -0.2) is 0 Å². The lowest BCUT2D eigenvalue weighted by Crippen LogP contribution is -2.49. The third-order valence-electron chi connectivity index (χ3n) is 5.00. The van der Waals surface area contributed by atoms with Crippen molar-refractivity contribution in [2.45, 2.75) is 58.3 Å². The number of hydrogen-bond donors (Lipinski definition) is 1. The summed E-state index contributed by atoms with van der Waals surface area (Å²) < 4.78 is 0. The van der Waals surface area contributed by atoms with Gasteiger partial charge in [0.1, 0.15) is 0 Å². The third kappa shape index (κ3) is 2.71. The van der Waals surface area contributed by atoms with E-state index in [1.165, 1.54) is 38.5 Å². The maximum Gasteiger partial charge on any atom is 0.230 e. The van der Waals surface area contributed by atoms with Gasteiger partial charge < -0.3 is 10.6 Å². The number of carbonyl (C=O) groups excluding carboxylic acids is 1. The molecule has 1 aliphatic carbocycles. The van der Waals surface area contributed by atoms with Crippen molar-refractivity contribution in [1.29, 1.82) is 0 Å². The molecule has 2 N–H and O–H groups in total. The monoisotopic (exact) mass is 252 g/mol. The van der Waals surface area contributed by atoms with Crippen LogP contribution in [0, 0.1) is 11.3 Å². The molecule has 104 valence electrons. The van der Waals surface area contributed by atoms with Gasteiger partial charge in [0.15, 0.2) is 0 Å². The molecule has 0 unspecified atom stereocenters. The van der Waals surface area contributed by atoms with Crippen molar-refractivity contribution in [3.8, 4) is 0 Å². The van der Waals surface area contributed by atoms with Crippen LogP contribution in [0.4, 0.5) is 0 Å². The number of carbonyl (C=O) groups is 1. The Balaban J connectivity index is 1.90. The topological polar surface area (TPSA) is 46.3 Å². The molecule has 1 saturated heterocycles. The van der Waals surface area contributed by atoms with Crippen LogP contribution in [-0.4, -0.2) is 30.4 Å². The summed E-state index contributed by atoms with van der Waals surface area (Å²) in [5, 5.41) is 0. The van der Waals surface area contributed by atoms with Gasteiger partial charge in [-0.15, -0.1) is 0 Å². The fourth-order valence-corrected chi connectivity index (χ4v) is 3.73. The van der Waals surface area contributed by atoms with Crippen LogP contribution in [0.3, 0.4) is 0 Å². The second-order valence-electron chi connectivity index (χ2n) is 6.22. The molecule has 0 spiro atoms. The number of amides is 1. The molecular formula is C15H28N2O. The molecule has 2 aliphatic rings. The van der Waals surface area contributed by atoms with Gasteiger partial charge in [0, 0.05) is 19.6 Å². The van der Waals surface area contributed by atoms with Crippen molar-refractivity contribution in [1.82, 2.24) is 4.90 Å². The molecule has 3 nitrogen and oxygen atoms in total. The summed E-state index contributed by atoms with van der Waals surface area (Å²) in [5.74, 6) is 1.20. The highest BCUT2D eigenvalue weighted by Gasteiger charge is 2.42. The van der Waals surface area contributed by atoms with E-state index in [-0.39, 0.29) is 5.41 Å². The summed E-state index contributed by atoms with van der Waals surface area (Å²) in [6, 6.07) is 0. The van der Waals surface area contributed by atoms with Crippen LogP contribution < -0.4 is 5.73 Å². The minimum atomic E-state index is -0.197. The Morgan fingerprint density at radius 1 is 1.28 bits per heavy atom. The van der Waals surface area contributed by atoms with Gasteiger partial charge in [-0.05, 0) is 31.6 Å². The Bertz CT molecular complexity index is 276. The molecule has 0 bridgehead atoms. The van der Waals surface area contributed by atoms with E-state index in [0.29, 0.717) is 12.5 Å². The Morgan fingerprint density at radius 2 is 1.89 bits per heavy atom. The van der Waals surface area contributed by atoms with Crippen LogP contribution >= 0.6 is 0 Å². The lowest BCUT2D eigenvalue weighted by atomic mass is 9.83. The summed E-state index contributed by atoms with van der Waals surface area (Å²) >= 11 is 0. The second kappa shape index (κ2) is 6.05. The largest absolute Gasteiger partial charge is 0.342 e. The number of nitrogens with zero attached hydrogens (tertiary/aromatic N) is 1. The first-order valence-electron chi connectivity index (χ1n) is 7.71. The first kappa shape index (κ1) is 13.9. The average molecular weight is 252 g/mol. The van der Waals surface area contributed by atoms with Crippen molar-refractivity contribution < 1.29 is 4.79 Å². The van der Waals surface area contributed by atoms with E-state index >= 15 is 0 Å². The molecule has 0 radical (unpaired) electrons. The van der Waals surface area contributed by atoms with Gasteiger partial charge in [0.05, 0.1) is 5.41 Å². The molecule has 3 heteroatoms. The van der Waals surface area contributed by atoms with Crippen molar-refractivity contribution in [2.75, 3.05) is 19.6 Å². The lowest BCUT2D eigenvalue weighted by Gasteiger charge is -2.38. The maximum absolute atomic E-state index is 12.7. The van der Waals surface area contributed by atoms with Crippen LogP contribution in [0.5, 0.6) is 0 Å². The highest BCUT2D eigenvalue weighted by atomic mass is 16.2. The fourth-order valence-electron chi connectivity index (χ4n) is 3.73. The molecular weight excluding hydrogens is 224 g/mol. The smallest absolute Gasteiger partial charge is 0.230 e. The molecule has 0 aromatic carbocycles. The number of piperidine rings is 1. The summed E-state index contributed by atoms with van der Waals surface area (Å²) in [5.41, 5.74) is 5.71. The van der Waals surface area contributed by atoms with Crippen LogP contribution in [-0.2, 0) is 4.79 Å². The molecule has 1 aliphatic heterocycles. The second-order valence-corrected chi connectivity index (χ2v) is 6.22. The quantitative estimate of drug-likeness (QED) is 0.836. The molecule has 2 fully saturated rings. The highest BCUT2D eigenvalue weighted by Crippen LogP contribution is 2.39. The summed E-state index contributed by atoms with van der Waals surface area (Å²) in [4.78, 5) is 14.8. The van der Waals surface area contributed by atoms with Crippen LogP contribution in [0.15, 0.2) is 0 Å². The van der Waals surface area contributed by atoms with E-state index in [9.17, 15) is 4.79 Å². The van der Waals surface area contributed by atoms with Gasteiger partial charge in [0.25, 0.3) is 0 Å². The SMILES string of the molecule is CCCC1CCN(C(=O)C2(CN)CCCC2)CC1. The van der Waals surface area contributed by atoms with E-state index in [1.807, 2.05) is 0 Å². The van der Waals surface area contributed by atoms with E-state index in [4.69, 9.17) is 5.73 Å². The lowest BCUT2D eigenvalue weighted by molar-refractivity contribution is -0.142. The first-order valence-corrected chi connectivity index (χ1v) is 7.71. The summed E-state index contributed by atoms with van der Waals surface area (Å²) in [6.45, 7) is 4.72. The number of rotatable bonds is 4. The molecule has 1 heterocycles. The molecule has 2 rings (SSSR count). The predicted octanol–water partition coefficient (Wildman–Crippen LogP) is 2.54. The zero-order valence-electron chi connectivity index (χ0n) is 11.8. The van der Waals surface area contributed by atoms with Gasteiger partial charge in [-0.2, -0.15) is 0 Å². The standard InChI is InChI=1S/C15H28N2O/c1-2-5-13-6-10-17(11-7-13)14(18)15(12-16)8-3-4-9-15/h13H,2-12,16H2,1H3. The molecule has 1 saturated carbocycles. The van der Waals surface area contributed by atoms with Gasteiger partial charge >= 0.3 is 0 Å². The molecule has 0 atom stereocenters. The molecule has 1 amide bonds. The van der Waals surface area contributed by atoms with Crippen LogP contribution in [0.1, 0.15) is 58.3 Å². The van der Waals surface area contributed by atoms with Crippen LogP contribution in [0.2, 0.25) is 0 Å². The minimum Gasteiger partial charge on any atom is -0.342 e. The Hall–Kier alpha value is -0.570. The summed E-state index contributed by atoms with van der Waals surface area (Å²) in [7, 11) is 0. The van der Waals surface area contributed by atoms with Crippen LogP contribution in [0.25, 0.3) is 0 Å². The Labute approximate surface area is 111 Å².